The first-order valence-corrected chi connectivity index (χ1v) is 7.36. The van der Waals surface area contributed by atoms with Crippen LogP contribution in [0.5, 0.6) is 11.5 Å². The Balaban J connectivity index is 2.18. The Kier molecular flexibility index (Phi) is 5.55. The lowest BCUT2D eigenvalue weighted by molar-refractivity contribution is 0.482. The molecule has 2 aromatic carbocycles. The third-order valence-electron chi connectivity index (χ3n) is 2.73. The lowest BCUT2D eigenvalue weighted by Gasteiger charge is -2.11. The van der Waals surface area contributed by atoms with Gasteiger partial charge in [-0.3, -0.25) is 0 Å². The first-order chi connectivity index (χ1) is 9.61. The van der Waals surface area contributed by atoms with E-state index in [1.165, 1.54) is 0 Å². The van der Waals surface area contributed by atoms with E-state index in [0.717, 1.165) is 18.7 Å². The molecule has 0 saturated heterocycles. The second-order valence-corrected chi connectivity index (χ2v) is 5.38. The molecule has 0 unspecified atom stereocenters. The monoisotopic (exact) mass is 329 g/mol. The van der Waals surface area contributed by atoms with Crippen LogP contribution in [0.25, 0.3) is 0 Å². The lowest BCUT2D eigenvalue weighted by atomic mass is 10.2. The van der Waals surface area contributed by atoms with Crippen molar-refractivity contribution in [2.24, 2.45) is 0 Å². The zero-order valence-corrected chi connectivity index (χ0v) is 13.2. The zero-order chi connectivity index (χ0) is 14.5. The normalized spacial score (nSPS) is 10.6. The summed E-state index contributed by atoms with van der Waals surface area (Å²) in [5, 5.41) is 4.73. The van der Waals surface area contributed by atoms with Crippen molar-refractivity contribution >= 4 is 34.8 Å². The van der Waals surface area contributed by atoms with E-state index >= 15 is 0 Å². The molecule has 0 fully saturated rings. The second kappa shape index (κ2) is 7.19. The first kappa shape index (κ1) is 15.5. The summed E-state index contributed by atoms with van der Waals surface area (Å²) in [6.45, 7) is 3.67. The van der Waals surface area contributed by atoms with Crippen LogP contribution >= 0.6 is 34.8 Å². The fourth-order valence-corrected chi connectivity index (χ4v) is 2.25. The van der Waals surface area contributed by atoms with Gasteiger partial charge in [0.05, 0.1) is 5.02 Å². The van der Waals surface area contributed by atoms with Gasteiger partial charge in [-0.05, 0) is 36.4 Å². The minimum Gasteiger partial charge on any atom is -0.456 e. The van der Waals surface area contributed by atoms with Crippen molar-refractivity contribution in [3.8, 4) is 11.5 Å². The molecule has 2 aromatic rings. The minimum absolute atomic E-state index is 0.391. The molecule has 2 rings (SSSR count). The molecule has 0 aliphatic carbocycles. The first-order valence-electron chi connectivity index (χ1n) is 6.23. The Morgan fingerprint density at radius 3 is 2.55 bits per heavy atom. The van der Waals surface area contributed by atoms with Crippen LogP contribution in [0, 0.1) is 0 Å². The van der Waals surface area contributed by atoms with Gasteiger partial charge >= 0.3 is 0 Å². The van der Waals surface area contributed by atoms with Crippen LogP contribution in [0.15, 0.2) is 36.4 Å². The number of benzene rings is 2. The molecule has 0 aliphatic heterocycles. The Hall–Kier alpha value is -0.930. The number of hydrogen-bond acceptors (Lipinski definition) is 2. The molecule has 106 valence electrons. The highest BCUT2D eigenvalue weighted by molar-refractivity contribution is 6.42. The molecule has 0 atom stereocenters. The van der Waals surface area contributed by atoms with Crippen molar-refractivity contribution in [1.82, 2.24) is 5.32 Å². The van der Waals surface area contributed by atoms with Crippen LogP contribution in [0.3, 0.4) is 0 Å². The molecule has 2 nitrogen and oxygen atoms in total. The van der Waals surface area contributed by atoms with Crippen molar-refractivity contribution in [3.05, 3.63) is 57.0 Å². The summed E-state index contributed by atoms with van der Waals surface area (Å²) in [5.41, 5.74) is 1.03. The van der Waals surface area contributed by atoms with Crippen LogP contribution in [0.1, 0.15) is 12.5 Å². The van der Waals surface area contributed by atoms with Crippen LogP contribution in [-0.4, -0.2) is 6.54 Å². The molecule has 5 heteroatoms. The quantitative estimate of drug-likeness (QED) is 0.776. The van der Waals surface area contributed by atoms with Crippen LogP contribution in [0.2, 0.25) is 15.1 Å². The largest absolute Gasteiger partial charge is 0.456 e. The number of ether oxygens (including phenoxy) is 1. The van der Waals surface area contributed by atoms with Crippen molar-refractivity contribution in [3.63, 3.8) is 0 Å². The van der Waals surface area contributed by atoms with Gasteiger partial charge in [-0.25, -0.2) is 0 Å². The highest BCUT2D eigenvalue weighted by atomic mass is 35.5. The molecule has 0 spiro atoms. The second-order valence-electron chi connectivity index (χ2n) is 4.19. The maximum atomic E-state index is 6.22. The predicted molar refractivity (Wildman–Crippen MR) is 85.4 cm³/mol. The Morgan fingerprint density at radius 1 is 1.05 bits per heavy atom. The summed E-state index contributed by atoms with van der Waals surface area (Å²) < 4.78 is 5.71. The summed E-state index contributed by atoms with van der Waals surface area (Å²) >= 11 is 18.3. The molecule has 0 saturated carbocycles. The summed E-state index contributed by atoms with van der Waals surface area (Å²) in [5.74, 6) is 1.13. The molecule has 0 aliphatic rings. The number of hydrogen-bond donors (Lipinski definition) is 1. The predicted octanol–water partition coefficient (Wildman–Crippen LogP) is 5.55. The standard InChI is InChI=1S/C15H14Cl3NO/c1-2-19-9-10-6-7-11(8-13(10)17)20-14-5-3-4-12(16)15(14)18/h3-8,19H,2,9H2,1H3. The molecule has 0 heterocycles. The van der Waals surface area contributed by atoms with Crippen molar-refractivity contribution in [2.45, 2.75) is 13.5 Å². The van der Waals surface area contributed by atoms with Gasteiger partial charge in [0.1, 0.15) is 16.5 Å². The molecule has 0 bridgehead atoms. The SMILES string of the molecule is CCNCc1ccc(Oc2cccc(Cl)c2Cl)cc1Cl. The smallest absolute Gasteiger partial charge is 0.147 e. The van der Waals surface area contributed by atoms with E-state index in [1.807, 2.05) is 19.1 Å². The van der Waals surface area contributed by atoms with Crippen LogP contribution in [-0.2, 0) is 6.54 Å². The number of halogens is 3. The summed E-state index contributed by atoms with van der Waals surface area (Å²) in [4.78, 5) is 0. The van der Waals surface area contributed by atoms with E-state index in [1.54, 1.807) is 24.3 Å². The van der Waals surface area contributed by atoms with Gasteiger partial charge in [-0.15, -0.1) is 0 Å². The van der Waals surface area contributed by atoms with Gasteiger partial charge in [0.25, 0.3) is 0 Å². The molecule has 0 aromatic heterocycles. The van der Waals surface area contributed by atoms with Gasteiger partial charge in [0, 0.05) is 11.6 Å². The molecule has 0 amide bonds. The number of rotatable bonds is 5. The Labute approximate surface area is 133 Å². The van der Waals surface area contributed by atoms with E-state index in [0.29, 0.717) is 26.6 Å². The van der Waals surface area contributed by atoms with Crippen LogP contribution in [0.4, 0.5) is 0 Å². The van der Waals surface area contributed by atoms with E-state index in [9.17, 15) is 0 Å². The molecule has 1 N–H and O–H groups in total. The fourth-order valence-electron chi connectivity index (χ4n) is 1.68. The van der Waals surface area contributed by atoms with E-state index in [4.69, 9.17) is 39.5 Å². The summed E-state index contributed by atoms with van der Waals surface area (Å²) in [7, 11) is 0. The summed E-state index contributed by atoms with van der Waals surface area (Å²) in [6, 6.07) is 10.8. The third kappa shape index (κ3) is 3.80. The van der Waals surface area contributed by atoms with Crippen molar-refractivity contribution < 1.29 is 4.74 Å². The van der Waals surface area contributed by atoms with Crippen LogP contribution < -0.4 is 10.1 Å². The summed E-state index contributed by atoms with van der Waals surface area (Å²) in [6.07, 6.45) is 0. The molecular formula is C15H14Cl3NO. The van der Waals surface area contributed by atoms with Crippen molar-refractivity contribution in [1.29, 1.82) is 0 Å². The molecule has 0 radical (unpaired) electrons. The lowest BCUT2D eigenvalue weighted by Crippen LogP contribution is -2.11. The average Bonchev–Trinajstić information content (AvgIpc) is 2.43. The fraction of sp³-hybridized carbons (Fsp3) is 0.200. The Bertz CT molecular complexity index is 602. The highest BCUT2D eigenvalue weighted by Crippen LogP contribution is 2.35. The maximum absolute atomic E-state index is 6.22. The minimum atomic E-state index is 0.391. The van der Waals surface area contributed by atoms with Gasteiger partial charge < -0.3 is 10.1 Å². The van der Waals surface area contributed by atoms with E-state index in [-0.39, 0.29) is 0 Å². The van der Waals surface area contributed by atoms with Gasteiger partial charge in [0.2, 0.25) is 0 Å². The van der Waals surface area contributed by atoms with Crippen molar-refractivity contribution in [2.75, 3.05) is 6.54 Å². The van der Waals surface area contributed by atoms with Gasteiger partial charge in [0.15, 0.2) is 0 Å². The molecule has 20 heavy (non-hydrogen) atoms. The topological polar surface area (TPSA) is 21.3 Å². The van der Waals surface area contributed by atoms with E-state index in [2.05, 4.69) is 5.32 Å². The highest BCUT2D eigenvalue weighted by Gasteiger charge is 2.08. The number of nitrogens with one attached hydrogen (secondary N) is 1. The maximum Gasteiger partial charge on any atom is 0.147 e. The Morgan fingerprint density at radius 2 is 1.85 bits per heavy atom. The van der Waals surface area contributed by atoms with Gasteiger partial charge in [-0.1, -0.05) is 53.9 Å². The molecular weight excluding hydrogens is 317 g/mol. The van der Waals surface area contributed by atoms with Gasteiger partial charge in [-0.2, -0.15) is 0 Å². The third-order valence-corrected chi connectivity index (χ3v) is 3.89. The van der Waals surface area contributed by atoms with E-state index < -0.39 is 0 Å². The zero-order valence-electron chi connectivity index (χ0n) is 10.9. The average molecular weight is 331 g/mol.